The van der Waals surface area contributed by atoms with Crippen molar-refractivity contribution in [2.24, 2.45) is 7.05 Å². The van der Waals surface area contributed by atoms with Gasteiger partial charge in [0.05, 0.1) is 17.8 Å². The number of carbonyl (C=O) groups is 1. The fraction of sp³-hybridized carbons (Fsp3) is 0.231. The van der Waals surface area contributed by atoms with E-state index < -0.39 is 17.7 Å². The highest BCUT2D eigenvalue weighted by molar-refractivity contribution is 5.93. The molecule has 0 spiro atoms. The molecular weight excluding hydrogens is 252 g/mol. The lowest BCUT2D eigenvalue weighted by Gasteiger charge is -2.13. The summed E-state index contributed by atoms with van der Waals surface area (Å²) in [5.41, 5.74) is 0.910. The van der Waals surface area contributed by atoms with Crippen LogP contribution in [-0.4, -0.2) is 15.7 Å². The molecule has 0 aliphatic carbocycles. The molecule has 2 rings (SSSR count). The number of carbonyl (C=O) groups excluding carboxylic acids is 1. The first kappa shape index (κ1) is 13.2. The maximum absolute atomic E-state index is 13.1. The van der Waals surface area contributed by atoms with E-state index in [1.54, 1.807) is 20.2 Å². The van der Waals surface area contributed by atoms with Gasteiger partial charge < -0.3 is 5.32 Å². The summed E-state index contributed by atoms with van der Waals surface area (Å²) in [4.78, 5) is 11.9. The van der Waals surface area contributed by atoms with Crippen molar-refractivity contribution in [1.82, 2.24) is 15.1 Å². The van der Waals surface area contributed by atoms with Gasteiger partial charge in [0.15, 0.2) is 11.6 Å². The average molecular weight is 265 g/mol. The number of benzene rings is 1. The second kappa shape index (κ2) is 5.17. The molecule has 4 nitrogen and oxygen atoms in total. The molecule has 0 radical (unpaired) electrons. The third-order valence-corrected chi connectivity index (χ3v) is 2.76. The van der Waals surface area contributed by atoms with Crippen LogP contribution in [-0.2, 0) is 7.05 Å². The van der Waals surface area contributed by atoms with Crippen LogP contribution in [0.15, 0.2) is 30.6 Å². The van der Waals surface area contributed by atoms with E-state index >= 15 is 0 Å². The Kier molecular flexibility index (Phi) is 3.59. The lowest BCUT2D eigenvalue weighted by Crippen LogP contribution is -2.26. The molecule has 19 heavy (non-hydrogen) atoms. The van der Waals surface area contributed by atoms with Crippen LogP contribution in [0.2, 0.25) is 0 Å². The van der Waals surface area contributed by atoms with Gasteiger partial charge in [-0.15, -0.1) is 0 Å². The van der Waals surface area contributed by atoms with E-state index in [4.69, 9.17) is 0 Å². The van der Waals surface area contributed by atoms with Gasteiger partial charge >= 0.3 is 0 Å². The van der Waals surface area contributed by atoms with Crippen LogP contribution >= 0.6 is 0 Å². The zero-order valence-corrected chi connectivity index (χ0v) is 10.5. The topological polar surface area (TPSA) is 46.9 Å². The normalized spacial score (nSPS) is 12.2. The Hall–Kier alpha value is -2.24. The third kappa shape index (κ3) is 2.96. The molecule has 100 valence electrons. The predicted octanol–water partition coefficient (Wildman–Crippen LogP) is 2.19. The number of aryl methyl sites for hydroxylation is 1. The van der Waals surface area contributed by atoms with Gasteiger partial charge in [-0.2, -0.15) is 5.10 Å². The molecule has 0 bridgehead atoms. The van der Waals surface area contributed by atoms with Crippen molar-refractivity contribution in [3.8, 4) is 0 Å². The number of nitrogens with one attached hydrogen (secondary N) is 1. The maximum Gasteiger partial charge on any atom is 0.254 e. The average Bonchev–Trinajstić information content (AvgIpc) is 2.79. The summed E-state index contributed by atoms with van der Waals surface area (Å²) < 4.78 is 27.4. The van der Waals surface area contributed by atoms with Crippen LogP contribution in [0.5, 0.6) is 0 Å². The molecule has 1 amide bonds. The standard InChI is InChI=1S/C13H13F2N3O/c1-8(9-3-4-11(14)12(15)5-9)17-13(19)10-6-16-18(2)7-10/h3-8H,1-2H3,(H,17,19). The summed E-state index contributed by atoms with van der Waals surface area (Å²) in [6, 6.07) is 3.12. The molecule has 1 aromatic heterocycles. The molecule has 1 N–H and O–H groups in total. The van der Waals surface area contributed by atoms with Crippen molar-refractivity contribution in [3.63, 3.8) is 0 Å². The van der Waals surface area contributed by atoms with Gasteiger partial charge in [-0.1, -0.05) is 6.07 Å². The van der Waals surface area contributed by atoms with Gasteiger partial charge in [-0.25, -0.2) is 8.78 Å². The number of rotatable bonds is 3. The van der Waals surface area contributed by atoms with Crippen LogP contribution in [0.1, 0.15) is 28.9 Å². The second-order valence-electron chi connectivity index (χ2n) is 4.27. The lowest BCUT2D eigenvalue weighted by atomic mass is 10.1. The first-order valence-electron chi connectivity index (χ1n) is 5.72. The highest BCUT2D eigenvalue weighted by Gasteiger charge is 2.14. The maximum atomic E-state index is 13.1. The minimum absolute atomic E-state index is 0.315. The molecule has 1 aromatic carbocycles. The summed E-state index contributed by atoms with van der Waals surface area (Å²) in [6.45, 7) is 1.70. The van der Waals surface area contributed by atoms with Crippen molar-refractivity contribution >= 4 is 5.91 Å². The SMILES string of the molecule is CC(NC(=O)c1cnn(C)c1)c1ccc(F)c(F)c1. The minimum atomic E-state index is -0.931. The zero-order valence-electron chi connectivity index (χ0n) is 10.5. The summed E-state index contributed by atoms with van der Waals surface area (Å²) in [7, 11) is 1.70. The lowest BCUT2D eigenvalue weighted by molar-refractivity contribution is 0.0939. The monoisotopic (exact) mass is 265 g/mol. The van der Waals surface area contributed by atoms with Gasteiger partial charge in [0.2, 0.25) is 0 Å². The van der Waals surface area contributed by atoms with Crippen LogP contribution < -0.4 is 5.32 Å². The van der Waals surface area contributed by atoms with E-state index in [1.165, 1.54) is 16.9 Å². The van der Waals surface area contributed by atoms with Crippen LogP contribution in [0.4, 0.5) is 8.78 Å². The number of aromatic nitrogens is 2. The summed E-state index contributed by atoms with van der Waals surface area (Å²) in [5.74, 6) is -2.15. The van der Waals surface area contributed by atoms with Crippen molar-refractivity contribution in [2.75, 3.05) is 0 Å². The number of hydrogen-bond acceptors (Lipinski definition) is 2. The molecular formula is C13H13F2N3O. The molecule has 0 saturated heterocycles. The number of hydrogen-bond donors (Lipinski definition) is 1. The fourth-order valence-electron chi connectivity index (χ4n) is 1.68. The summed E-state index contributed by atoms with van der Waals surface area (Å²) in [6.07, 6.45) is 3.01. The number of nitrogens with zero attached hydrogens (tertiary/aromatic N) is 2. The van der Waals surface area contributed by atoms with Crippen LogP contribution in [0, 0.1) is 11.6 Å². The summed E-state index contributed by atoms with van der Waals surface area (Å²) in [5, 5.41) is 6.58. The quantitative estimate of drug-likeness (QED) is 0.924. The van der Waals surface area contributed by atoms with Crippen molar-refractivity contribution in [2.45, 2.75) is 13.0 Å². The van der Waals surface area contributed by atoms with Crippen molar-refractivity contribution in [1.29, 1.82) is 0 Å². The first-order chi connectivity index (χ1) is 8.97. The van der Waals surface area contributed by atoms with E-state index in [1.807, 2.05) is 0 Å². The summed E-state index contributed by atoms with van der Waals surface area (Å²) >= 11 is 0. The van der Waals surface area contributed by atoms with E-state index in [9.17, 15) is 13.6 Å². The zero-order chi connectivity index (χ0) is 14.0. The van der Waals surface area contributed by atoms with Gasteiger partial charge in [-0.3, -0.25) is 9.48 Å². The Morgan fingerprint density at radius 3 is 2.68 bits per heavy atom. The van der Waals surface area contributed by atoms with Gasteiger partial charge in [-0.05, 0) is 24.6 Å². The second-order valence-corrected chi connectivity index (χ2v) is 4.27. The molecule has 2 aromatic rings. The Labute approximate surface area is 109 Å². The third-order valence-electron chi connectivity index (χ3n) is 2.76. The molecule has 0 aliphatic heterocycles. The van der Waals surface area contributed by atoms with E-state index in [-0.39, 0.29) is 5.91 Å². The molecule has 1 heterocycles. The minimum Gasteiger partial charge on any atom is -0.345 e. The van der Waals surface area contributed by atoms with Gasteiger partial charge in [0.25, 0.3) is 5.91 Å². The van der Waals surface area contributed by atoms with E-state index in [2.05, 4.69) is 10.4 Å². The first-order valence-corrected chi connectivity index (χ1v) is 5.72. The molecule has 0 saturated carbocycles. The molecule has 0 aliphatic rings. The highest BCUT2D eigenvalue weighted by atomic mass is 19.2. The molecule has 6 heteroatoms. The fourth-order valence-corrected chi connectivity index (χ4v) is 1.68. The van der Waals surface area contributed by atoms with Gasteiger partial charge in [0.1, 0.15) is 0 Å². The predicted molar refractivity (Wildman–Crippen MR) is 65.4 cm³/mol. The smallest absolute Gasteiger partial charge is 0.254 e. The van der Waals surface area contributed by atoms with Crippen molar-refractivity contribution < 1.29 is 13.6 Å². The van der Waals surface area contributed by atoms with Crippen LogP contribution in [0.3, 0.4) is 0 Å². The number of amides is 1. The van der Waals surface area contributed by atoms with Crippen LogP contribution in [0.25, 0.3) is 0 Å². The number of halogens is 2. The molecule has 1 unspecified atom stereocenters. The highest BCUT2D eigenvalue weighted by Crippen LogP contribution is 2.16. The molecule has 1 atom stereocenters. The Morgan fingerprint density at radius 2 is 2.11 bits per heavy atom. The van der Waals surface area contributed by atoms with Gasteiger partial charge in [0, 0.05) is 13.2 Å². The Morgan fingerprint density at radius 1 is 1.37 bits per heavy atom. The van der Waals surface area contributed by atoms with E-state index in [0.717, 1.165) is 12.1 Å². The Bertz CT molecular complexity index is 610. The van der Waals surface area contributed by atoms with E-state index in [0.29, 0.717) is 11.1 Å². The largest absolute Gasteiger partial charge is 0.345 e. The molecule has 0 fully saturated rings. The van der Waals surface area contributed by atoms with Crippen molar-refractivity contribution in [3.05, 3.63) is 53.4 Å². The Balaban J connectivity index is 2.10.